The Balaban J connectivity index is 1.07. The minimum Gasteiger partial charge on any atom is -0.309 e. The van der Waals surface area contributed by atoms with Crippen LogP contribution in [0.15, 0.2) is 182 Å². The largest absolute Gasteiger partial charge is 0.309 e. The molecule has 53 heavy (non-hydrogen) atoms. The molecule has 2 heterocycles. The Morgan fingerprint density at radius 2 is 0.830 bits per heavy atom. The highest BCUT2D eigenvalue weighted by atomic mass is 15.0. The van der Waals surface area contributed by atoms with Gasteiger partial charge >= 0.3 is 0 Å². The van der Waals surface area contributed by atoms with Crippen LogP contribution in [-0.2, 0) is 0 Å². The number of hydrogen-bond acceptors (Lipinski definition) is 3. The lowest BCUT2D eigenvalue weighted by molar-refractivity contribution is 1.07. The molecule has 0 amide bonds. The number of fused-ring (bicyclic) bond motifs is 10. The van der Waals surface area contributed by atoms with Crippen LogP contribution >= 0.6 is 0 Å². The van der Waals surface area contributed by atoms with E-state index >= 15 is 0 Å². The van der Waals surface area contributed by atoms with E-state index in [-0.39, 0.29) is 0 Å². The second-order valence-electron chi connectivity index (χ2n) is 13.6. The summed E-state index contributed by atoms with van der Waals surface area (Å²) in [7, 11) is 0. The zero-order valence-electron chi connectivity index (χ0n) is 28.6. The molecule has 0 aliphatic carbocycles. The van der Waals surface area contributed by atoms with Crippen LogP contribution in [-0.4, -0.2) is 19.5 Å². The Hall–Kier alpha value is -7.17. The van der Waals surface area contributed by atoms with Gasteiger partial charge in [0.2, 0.25) is 0 Å². The highest BCUT2D eigenvalue weighted by Crippen LogP contribution is 2.38. The van der Waals surface area contributed by atoms with Gasteiger partial charge in [-0.2, -0.15) is 0 Å². The van der Waals surface area contributed by atoms with E-state index in [4.69, 9.17) is 15.0 Å². The van der Waals surface area contributed by atoms with Gasteiger partial charge in [-0.15, -0.1) is 0 Å². The van der Waals surface area contributed by atoms with E-state index in [0.717, 1.165) is 27.8 Å². The number of benzene rings is 9. The summed E-state index contributed by atoms with van der Waals surface area (Å²) in [5.74, 6) is 1.93. The maximum absolute atomic E-state index is 5.12. The minimum absolute atomic E-state index is 0.637. The summed E-state index contributed by atoms with van der Waals surface area (Å²) in [4.78, 5) is 15.2. The Labute approximate surface area is 305 Å². The van der Waals surface area contributed by atoms with Crippen LogP contribution in [0, 0.1) is 0 Å². The molecule has 0 spiro atoms. The van der Waals surface area contributed by atoms with Gasteiger partial charge in [0.05, 0.1) is 11.0 Å². The Morgan fingerprint density at radius 1 is 0.321 bits per heavy atom. The summed E-state index contributed by atoms with van der Waals surface area (Å²) in [6.45, 7) is 0. The first-order valence-corrected chi connectivity index (χ1v) is 17.9. The summed E-state index contributed by atoms with van der Waals surface area (Å²) in [6.07, 6.45) is 0. The SMILES string of the molecule is c1ccc(-c2nc(-c3ccc(-n4c5ccccc5c5ccc6ccccc6c54)cc3)nc(-c3ccc4c(ccc5ccc6ccccc6c54)c3)n2)cc1. The molecule has 4 nitrogen and oxygen atoms in total. The lowest BCUT2D eigenvalue weighted by Gasteiger charge is -2.12. The lowest BCUT2D eigenvalue weighted by atomic mass is 9.95. The average molecular weight is 675 g/mol. The Morgan fingerprint density at radius 3 is 1.60 bits per heavy atom. The van der Waals surface area contributed by atoms with Crippen molar-refractivity contribution in [1.29, 1.82) is 0 Å². The maximum atomic E-state index is 5.12. The van der Waals surface area contributed by atoms with Crippen molar-refractivity contribution < 1.29 is 0 Å². The van der Waals surface area contributed by atoms with Crippen LogP contribution in [0.1, 0.15) is 0 Å². The second kappa shape index (κ2) is 11.7. The molecule has 4 heteroatoms. The van der Waals surface area contributed by atoms with Gasteiger partial charge in [0.25, 0.3) is 0 Å². The van der Waals surface area contributed by atoms with Crippen molar-refractivity contribution in [3.63, 3.8) is 0 Å². The third kappa shape index (κ3) is 4.73. The van der Waals surface area contributed by atoms with Crippen LogP contribution in [0.2, 0.25) is 0 Å². The fraction of sp³-hybridized carbons (Fsp3) is 0. The molecule has 0 bridgehead atoms. The maximum Gasteiger partial charge on any atom is 0.164 e. The van der Waals surface area contributed by atoms with Crippen molar-refractivity contribution in [2.45, 2.75) is 0 Å². The zero-order valence-corrected chi connectivity index (χ0v) is 28.6. The van der Waals surface area contributed by atoms with E-state index in [2.05, 4.69) is 168 Å². The van der Waals surface area contributed by atoms with E-state index < -0.39 is 0 Å². The van der Waals surface area contributed by atoms with Gasteiger partial charge < -0.3 is 4.57 Å². The van der Waals surface area contributed by atoms with E-state index in [1.807, 2.05) is 18.2 Å². The van der Waals surface area contributed by atoms with Gasteiger partial charge in [-0.1, -0.05) is 146 Å². The highest BCUT2D eigenvalue weighted by Gasteiger charge is 2.17. The average Bonchev–Trinajstić information content (AvgIpc) is 3.58. The van der Waals surface area contributed by atoms with E-state index in [1.54, 1.807) is 0 Å². The van der Waals surface area contributed by atoms with Crippen molar-refractivity contribution in [1.82, 2.24) is 19.5 Å². The number of rotatable bonds is 4. The molecule has 0 saturated heterocycles. The first kappa shape index (κ1) is 29.5. The van der Waals surface area contributed by atoms with Gasteiger partial charge in [0.15, 0.2) is 17.5 Å². The first-order valence-electron chi connectivity index (χ1n) is 17.9. The zero-order chi connectivity index (χ0) is 34.9. The Kier molecular flexibility index (Phi) is 6.52. The number of aromatic nitrogens is 4. The number of hydrogen-bond donors (Lipinski definition) is 0. The van der Waals surface area contributed by atoms with Crippen LogP contribution < -0.4 is 0 Å². The standard InChI is InChI=1S/C49H30N4/c1-2-12-34(13-3-1)47-50-48(52-49(51-47)37-25-28-40-36(30-37)21-20-33-19-18-31-10-4-6-14-39(31)45(33)40)35-22-26-38(27-23-35)53-44-17-9-8-16-42(44)43-29-24-32-11-5-7-15-41(32)46(43)53/h1-30H. The number of nitrogens with zero attached hydrogens (tertiary/aromatic N) is 4. The third-order valence-electron chi connectivity index (χ3n) is 10.6. The summed E-state index contributed by atoms with van der Waals surface area (Å²) in [6, 6.07) is 64.5. The summed E-state index contributed by atoms with van der Waals surface area (Å²) >= 11 is 0. The highest BCUT2D eigenvalue weighted by molar-refractivity contribution is 6.21. The Bertz CT molecular complexity index is 3220. The van der Waals surface area contributed by atoms with E-state index in [0.29, 0.717) is 17.5 Å². The molecule has 0 fully saturated rings. The molecule has 0 N–H and O–H groups in total. The van der Waals surface area contributed by atoms with Crippen LogP contribution in [0.5, 0.6) is 0 Å². The van der Waals surface area contributed by atoms with Crippen molar-refractivity contribution in [2.75, 3.05) is 0 Å². The first-order chi connectivity index (χ1) is 26.3. The van der Waals surface area contributed by atoms with Crippen LogP contribution in [0.25, 0.3) is 105 Å². The predicted octanol–water partition coefficient (Wildman–Crippen LogP) is 12.6. The van der Waals surface area contributed by atoms with Crippen LogP contribution in [0.3, 0.4) is 0 Å². The molecule has 0 radical (unpaired) electrons. The minimum atomic E-state index is 0.637. The number of para-hydroxylation sites is 1. The molecule has 9 aromatic carbocycles. The monoisotopic (exact) mass is 674 g/mol. The normalized spacial score (nSPS) is 11.8. The molecule has 11 rings (SSSR count). The smallest absolute Gasteiger partial charge is 0.164 e. The molecule has 2 aromatic heterocycles. The van der Waals surface area contributed by atoms with Gasteiger partial charge in [0.1, 0.15) is 0 Å². The molecular formula is C49H30N4. The van der Waals surface area contributed by atoms with Crippen molar-refractivity contribution in [3.05, 3.63) is 182 Å². The molecule has 0 aliphatic rings. The second-order valence-corrected chi connectivity index (χ2v) is 13.6. The van der Waals surface area contributed by atoms with Gasteiger partial charge in [0, 0.05) is 38.5 Å². The van der Waals surface area contributed by atoms with Gasteiger partial charge in [-0.3, -0.25) is 0 Å². The van der Waals surface area contributed by atoms with Crippen LogP contribution in [0.4, 0.5) is 0 Å². The third-order valence-corrected chi connectivity index (χ3v) is 10.6. The van der Waals surface area contributed by atoms with Crippen molar-refractivity contribution in [2.24, 2.45) is 0 Å². The van der Waals surface area contributed by atoms with Crippen molar-refractivity contribution >= 4 is 64.9 Å². The quantitative estimate of drug-likeness (QED) is 0.175. The topological polar surface area (TPSA) is 43.6 Å². The summed E-state index contributed by atoms with van der Waals surface area (Å²) in [5, 5.41) is 12.3. The molecule has 0 saturated carbocycles. The van der Waals surface area contributed by atoms with E-state index in [9.17, 15) is 0 Å². The van der Waals surface area contributed by atoms with Gasteiger partial charge in [-0.25, -0.2) is 15.0 Å². The predicted molar refractivity (Wildman–Crippen MR) is 220 cm³/mol. The summed E-state index contributed by atoms with van der Waals surface area (Å²) < 4.78 is 2.38. The molecule has 246 valence electrons. The molecular weight excluding hydrogens is 645 g/mol. The summed E-state index contributed by atoms with van der Waals surface area (Å²) in [5.41, 5.74) is 6.30. The molecule has 0 aliphatic heterocycles. The molecule has 0 atom stereocenters. The van der Waals surface area contributed by atoms with E-state index in [1.165, 1.54) is 59.5 Å². The molecule has 11 aromatic rings. The van der Waals surface area contributed by atoms with Gasteiger partial charge in [-0.05, 0) is 74.1 Å². The fourth-order valence-electron chi connectivity index (χ4n) is 8.08. The lowest BCUT2D eigenvalue weighted by Crippen LogP contribution is -2.00. The fourth-order valence-corrected chi connectivity index (χ4v) is 8.08. The van der Waals surface area contributed by atoms with Crippen molar-refractivity contribution in [3.8, 4) is 39.9 Å². The molecule has 0 unspecified atom stereocenters.